The molecule has 29 heavy (non-hydrogen) atoms. The van der Waals surface area contributed by atoms with Crippen molar-refractivity contribution in [1.29, 1.82) is 0 Å². The van der Waals surface area contributed by atoms with E-state index in [1.165, 1.54) is 0 Å². The summed E-state index contributed by atoms with van der Waals surface area (Å²) >= 11 is 0. The highest BCUT2D eigenvalue weighted by atomic mass is 32.2. The van der Waals surface area contributed by atoms with Gasteiger partial charge in [0.15, 0.2) is 0 Å². The first-order chi connectivity index (χ1) is 13.9. The topological polar surface area (TPSA) is 46.6 Å². The van der Waals surface area contributed by atoms with Gasteiger partial charge in [0.25, 0.3) is 0 Å². The molecule has 0 fully saturated rings. The van der Waals surface area contributed by atoms with Gasteiger partial charge in [0.1, 0.15) is 5.54 Å². The Kier molecular flexibility index (Phi) is 4.17. The molecule has 5 rings (SSSR count). The molecule has 0 N–H and O–H groups in total. The van der Waals surface area contributed by atoms with Crippen LogP contribution < -0.4 is 0 Å². The summed E-state index contributed by atoms with van der Waals surface area (Å²) in [6, 6.07) is 19.4. The maximum Gasteiger partial charge on any atom is 0.244 e. The molecule has 1 unspecified atom stereocenters. The van der Waals surface area contributed by atoms with Crippen molar-refractivity contribution >= 4 is 20.8 Å². The van der Waals surface area contributed by atoms with Crippen molar-refractivity contribution in [3.8, 4) is 0 Å². The molecule has 2 heterocycles. The lowest BCUT2D eigenvalue weighted by Gasteiger charge is -2.41. The predicted octanol–water partition coefficient (Wildman–Crippen LogP) is 4.52. The van der Waals surface area contributed by atoms with Crippen molar-refractivity contribution in [3.63, 3.8) is 0 Å². The fraction of sp³-hybridized carbons (Fsp3) is 0.250. The van der Waals surface area contributed by atoms with Gasteiger partial charge in [-0.3, -0.25) is 0 Å². The average Bonchev–Trinajstić information content (AvgIpc) is 3.05. The lowest BCUT2D eigenvalue weighted by Crippen LogP contribution is -2.50. The first-order valence-corrected chi connectivity index (χ1v) is 11.2. The maximum absolute atomic E-state index is 13.7. The number of nitrogens with zero attached hydrogens (tertiary/aromatic N) is 1. The monoisotopic (exact) mass is 405 g/mol. The van der Waals surface area contributed by atoms with Crippen LogP contribution in [0.1, 0.15) is 23.6 Å². The van der Waals surface area contributed by atoms with E-state index in [9.17, 15) is 8.42 Å². The molecule has 3 aromatic carbocycles. The fourth-order valence-corrected chi connectivity index (χ4v) is 6.38. The van der Waals surface area contributed by atoms with Gasteiger partial charge in [-0.1, -0.05) is 65.7 Å². The number of aryl methyl sites for hydroxylation is 1. The van der Waals surface area contributed by atoms with Gasteiger partial charge in [0, 0.05) is 6.54 Å². The first-order valence-electron chi connectivity index (χ1n) is 9.78. The molecule has 0 saturated carbocycles. The Hall–Kier alpha value is -2.47. The highest BCUT2D eigenvalue weighted by Crippen LogP contribution is 2.46. The normalized spacial score (nSPS) is 22.1. The molecule has 5 heteroatoms. The van der Waals surface area contributed by atoms with Crippen LogP contribution in [0.5, 0.6) is 0 Å². The van der Waals surface area contributed by atoms with Gasteiger partial charge >= 0.3 is 0 Å². The second-order valence-electron chi connectivity index (χ2n) is 8.05. The van der Waals surface area contributed by atoms with Gasteiger partial charge in [0.2, 0.25) is 10.0 Å². The Morgan fingerprint density at radius 2 is 1.72 bits per heavy atom. The van der Waals surface area contributed by atoms with Crippen molar-refractivity contribution in [2.45, 2.75) is 30.9 Å². The van der Waals surface area contributed by atoms with Crippen molar-refractivity contribution in [2.24, 2.45) is 0 Å². The van der Waals surface area contributed by atoms with Gasteiger partial charge in [-0.2, -0.15) is 4.31 Å². The van der Waals surface area contributed by atoms with Crippen molar-refractivity contribution in [2.75, 3.05) is 13.2 Å². The molecule has 1 atom stereocenters. The third kappa shape index (κ3) is 2.76. The van der Waals surface area contributed by atoms with Crippen LogP contribution in [-0.2, 0) is 26.9 Å². The zero-order valence-corrected chi connectivity index (χ0v) is 17.4. The average molecular weight is 406 g/mol. The molecule has 3 aromatic rings. The molecule has 0 saturated heterocycles. The molecule has 4 nitrogen and oxygen atoms in total. The van der Waals surface area contributed by atoms with E-state index in [0.29, 0.717) is 24.7 Å². The van der Waals surface area contributed by atoms with Crippen molar-refractivity contribution < 1.29 is 13.2 Å². The highest BCUT2D eigenvalue weighted by Gasteiger charge is 2.50. The van der Waals surface area contributed by atoms with E-state index in [4.69, 9.17) is 4.74 Å². The summed E-state index contributed by atoms with van der Waals surface area (Å²) in [5.74, 6) is 0. The quantitative estimate of drug-likeness (QED) is 0.589. The maximum atomic E-state index is 13.7. The Morgan fingerprint density at radius 3 is 2.52 bits per heavy atom. The largest absolute Gasteiger partial charge is 0.374 e. The first kappa shape index (κ1) is 18.6. The molecule has 1 spiro atoms. The molecule has 2 aliphatic heterocycles. The number of sulfonamides is 1. The second kappa shape index (κ2) is 6.52. The predicted molar refractivity (Wildman–Crippen MR) is 114 cm³/mol. The van der Waals surface area contributed by atoms with Gasteiger partial charge in [-0.25, -0.2) is 8.42 Å². The number of hydrogen-bond donors (Lipinski definition) is 0. The second-order valence-corrected chi connectivity index (χ2v) is 9.91. The summed E-state index contributed by atoms with van der Waals surface area (Å²) in [5.41, 5.74) is 3.35. The van der Waals surface area contributed by atoms with E-state index in [-0.39, 0.29) is 0 Å². The summed E-state index contributed by atoms with van der Waals surface area (Å²) in [6.45, 7) is 5.12. The SMILES string of the molecule is CC1=CC2(COCc3c2ccc2ccccc32)N(S(=O)(=O)c2ccc(C)cc2)C1. The van der Waals surface area contributed by atoms with Gasteiger partial charge < -0.3 is 4.74 Å². The Balaban J connectivity index is 1.72. The van der Waals surface area contributed by atoms with Gasteiger partial charge in [-0.05, 0) is 47.9 Å². The molecule has 148 valence electrons. The number of rotatable bonds is 2. The molecule has 2 aliphatic rings. The van der Waals surface area contributed by atoms with E-state index in [1.807, 2.05) is 38.1 Å². The van der Waals surface area contributed by atoms with E-state index in [2.05, 4.69) is 30.3 Å². The lowest BCUT2D eigenvalue weighted by molar-refractivity contribution is 0.0333. The molecule has 0 bridgehead atoms. The van der Waals surface area contributed by atoms with Gasteiger partial charge in [-0.15, -0.1) is 0 Å². The summed E-state index contributed by atoms with van der Waals surface area (Å²) in [5, 5.41) is 2.26. The van der Waals surface area contributed by atoms with Crippen LogP contribution in [0.4, 0.5) is 0 Å². The number of fused-ring (bicyclic) bond motifs is 4. The van der Waals surface area contributed by atoms with Crippen LogP contribution in [0.2, 0.25) is 0 Å². The van der Waals surface area contributed by atoms with Crippen LogP contribution >= 0.6 is 0 Å². The molecule has 0 amide bonds. The van der Waals surface area contributed by atoms with E-state index in [0.717, 1.165) is 33.0 Å². The highest BCUT2D eigenvalue weighted by molar-refractivity contribution is 7.89. The molecular weight excluding hydrogens is 382 g/mol. The molecular formula is C24H23NO3S. The van der Waals surface area contributed by atoms with Crippen LogP contribution in [0.15, 0.2) is 77.2 Å². The summed E-state index contributed by atoms with van der Waals surface area (Å²) < 4.78 is 35.0. The Morgan fingerprint density at radius 1 is 0.966 bits per heavy atom. The van der Waals surface area contributed by atoms with Crippen LogP contribution in [0, 0.1) is 6.92 Å². The van der Waals surface area contributed by atoms with E-state index >= 15 is 0 Å². The number of benzene rings is 3. The smallest absolute Gasteiger partial charge is 0.244 e. The van der Waals surface area contributed by atoms with Crippen LogP contribution in [-0.4, -0.2) is 25.9 Å². The van der Waals surface area contributed by atoms with Crippen molar-refractivity contribution in [1.82, 2.24) is 4.31 Å². The van der Waals surface area contributed by atoms with E-state index < -0.39 is 15.6 Å². The summed E-state index contributed by atoms with van der Waals surface area (Å²) in [4.78, 5) is 0.318. The minimum Gasteiger partial charge on any atom is -0.374 e. The summed E-state index contributed by atoms with van der Waals surface area (Å²) in [7, 11) is -3.69. The van der Waals surface area contributed by atoms with Crippen LogP contribution in [0.25, 0.3) is 10.8 Å². The zero-order valence-electron chi connectivity index (χ0n) is 16.6. The minimum absolute atomic E-state index is 0.318. The van der Waals surface area contributed by atoms with E-state index in [1.54, 1.807) is 16.4 Å². The minimum atomic E-state index is -3.69. The molecule has 0 aromatic heterocycles. The third-order valence-corrected chi connectivity index (χ3v) is 7.91. The number of ether oxygens (including phenoxy) is 1. The molecule has 0 radical (unpaired) electrons. The number of hydrogen-bond acceptors (Lipinski definition) is 3. The Labute approximate surface area is 171 Å². The zero-order chi connectivity index (χ0) is 20.2. The lowest BCUT2D eigenvalue weighted by atomic mass is 9.83. The fourth-order valence-electron chi connectivity index (χ4n) is 4.64. The Bertz CT molecular complexity index is 1240. The standard InChI is InChI=1S/C24H23NO3S/c1-17-7-10-20(11-8-17)29(26,27)25-14-18(2)13-24(25)16-28-15-22-21-6-4-3-5-19(21)9-12-23(22)24/h3-13H,14-16H2,1-2H3. The summed E-state index contributed by atoms with van der Waals surface area (Å²) in [6.07, 6.45) is 2.07. The van der Waals surface area contributed by atoms with Crippen molar-refractivity contribution in [3.05, 3.63) is 89.0 Å². The van der Waals surface area contributed by atoms with Crippen LogP contribution in [0.3, 0.4) is 0 Å². The van der Waals surface area contributed by atoms with Gasteiger partial charge in [0.05, 0.1) is 18.1 Å². The third-order valence-electron chi connectivity index (χ3n) is 6.01. The molecule has 0 aliphatic carbocycles.